The van der Waals surface area contributed by atoms with Gasteiger partial charge in [-0.1, -0.05) is 85.9 Å². The van der Waals surface area contributed by atoms with E-state index in [0.29, 0.717) is 0 Å². The lowest BCUT2D eigenvalue weighted by Gasteiger charge is -2.39. The van der Waals surface area contributed by atoms with Crippen molar-refractivity contribution in [1.82, 2.24) is 9.97 Å². The van der Waals surface area contributed by atoms with E-state index in [0.717, 1.165) is 11.4 Å². The van der Waals surface area contributed by atoms with Gasteiger partial charge in [-0.15, -0.1) is 0 Å². The first-order valence-corrected chi connectivity index (χ1v) is 13.2. The van der Waals surface area contributed by atoms with Gasteiger partial charge in [0.25, 0.3) is 0 Å². The van der Waals surface area contributed by atoms with Gasteiger partial charge in [-0.3, -0.25) is 9.97 Å². The molecule has 2 nitrogen and oxygen atoms in total. The van der Waals surface area contributed by atoms with Crippen LogP contribution in [0.2, 0.25) is 13.1 Å². The molecule has 2 heterocycles. The minimum Gasteiger partial charge on any atom is -0.261 e. The predicted molar refractivity (Wildman–Crippen MR) is 123 cm³/mol. The number of benzene rings is 2. The number of rotatable bonds is 6. The van der Waals surface area contributed by atoms with Gasteiger partial charge in [-0.05, 0) is 35.4 Å². The largest absolute Gasteiger partial charge is 0.261 e. The summed E-state index contributed by atoms with van der Waals surface area (Å²) in [7, 11) is -2.05. The minimum absolute atomic E-state index is 0.261. The molecule has 4 rings (SSSR count). The average Bonchev–Trinajstić information content (AvgIpc) is 2.77. The van der Waals surface area contributed by atoms with Crippen molar-refractivity contribution in [2.75, 3.05) is 0 Å². The zero-order chi connectivity index (χ0) is 20.1. The van der Waals surface area contributed by atoms with Gasteiger partial charge < -0.3 is 0 Å². The molecular weight excluding hydrogens is 368 g/mol. The SMILES string of the molecule is C[Si](C)(C(c1ccccc1)c1ccccn1)C(c1ccccc1)c1ccccn1. The Balaban J connectivity index is 1.91. The maximum atomic E-state index is 4.81. The fraction of sp³-hybridized carbons (Fsp3) is 0.154. The second-order valence-electron chi connectivity index (χ2n) is 8.02. The van der Waals surface area contributed by atoms with Crippen molar-refractivity contribution in [3.8, 4) is 0 Å². The van der Waals surface area contributed by atoms with Crippen LogP contribution in [0.4, 0.5) is 0 Å². The molecule has 0 aliphatic rings. The van der Waals surface area contributed by atoms with Gasteiger partial charge in [0.2, 0.25) is 0 Å². The molecule has 0 saturated heterocycles. The molecule has 0 aliphatic carbocycles. The van der Waals surface area contributed by atoms with E-state index < -0.39 is 8.07 Å². The number of hydrogen-bond donors (Lipinski definition) is 0. The Morgan fingerprint density at radius 1 is 0.517 bits per heavy atom. The van der Waals surface area contributed by atoms with E-state index in [1.54, 1.807) is 0 Å². The molecule has 2 aromatic heterocycles. The Labute approximate surface area is 174 Å². The Hall–Kier alpha value is -3.04. The molecule has 0 bridgehead atoms. The summed E-state index contributed by atoms with van der Waals surface area (Å²) in [6.45, 7) is 4.96. The molecule has 0 radical (unpaired) electrons. The summed E-state index contributed by atoms with van der Waals surface area (Å²) >= 11 is 0. The van der Waals surface area contributed by atoms with E-state index in [2.05, 4.69) is 98.0 Å². The molecule has 0 aliphatic heterocycles. The second kappa shape index (κ2) is 8.54. The van der Waals surface area contributed by atoms with Crippen LogP contribution >= 0.6 is 0 Å². The third kappa shape index (κ3) is 4.05. The van der Waals surface area contributed by atoms with Crippen LogP contribution in [0.3, 0.4) is 0 Å². The first-order valence-electron chi connectivity index (χ1n) is 10.1. The molecule has 29 heavy (non-hydrogen) atoms. The Morgan fingerprint density at radius 3 is 1.24 bits per heavy atom. The Bertz CT molecular complexity index is 855. The van der Waals surface area contributed by atoms with E-state index >= 15 is 0 Å². The maximum absolute atomic E-state index is 4.81. The monoisotopic (exact) mass is 394 g/mol. The smallest absolute Gasteiger partial charge is 0.0770 e. The van der Waals surface area contributed by atoms with Crippen molar-refractivity contribution < 1.29 is 0 Å². The lowest BCUT2D eigenvalue weighted by atomic mass is 10.1. The van der Waals surface area contributed by atoms with Gasteiger partial charge in [0.05, 0.1) is 8.07 Å². The van der Waals surface area contributed by atoms with Crippen LogP contribution in [-0.2, 0) is 0 Å². The molecule has 144 valence electrons. The van der Waals surface area contributed by atoms with Crippen LogP contribution in [0.5, 0.6) is 0 Å². The van der Waals surface area contributed by atoms with Gasteiger partial charge >= 0.3 is 0 Å². The summed E-state index contributed by atoms with van der Waals surface area (Å²) in [6.07, 6.45) is 3.82. The van der Waals surface area contributed by atoms with E-state index in [4.69, 9.17) is 9.97 Å². The Kier molecular flexibility index (Phi) is 5.68. The summed E-state index contributed by atoms with van der Waals surface area (Å²) in [6, 6.07) is 34.2. The fourth-order valence-corrected chi connectivity index (χ4v) is 8.82. The van der Waals surface area contributed by atoms with Gasteiger partial charge in [0, 0.05) is 34.9 Å². The van der Waals surface area contributed by atoms with Gasteiger partial charge in [-0.25, -0.2) is 0 Å². The van der Waals surface area contributed by atoms with E-state index in [9.17, 15) is 0 Å². The summed E-state index contributed by atoms with van der Waals surface area (Å²) in [4.78, 5) is 9.61. The minimum atomic E-state index is -2.05. The first kappa shape index (κ1) is 19.3. The van der Waals surface area contributed by atoms with Crippen molar-refractivity contribution in [2.45, 2.75) is 24.2 Å². The average molecular weight is 395 g/mol. The van der Waals surface area contributed by atoms with Crippen LogP contribution in [0, 0.1) is 0 Å². The molecule has 0 N–H and O–H groups in total. The molecule has 2 unspecified atom stereocenters. The Morgan fingerprint density at radius 2 is 0.897 bits per heavy atom. The highest BCUT2D eigenvalue weighted by Crippen LogP contribution is 2.43. The normalized spacial score (nSPS) is 13.6. The van der Waals surface area contributed by atoms with Crippen LogP contribution in [0.1, 0.15) is 33.6 Å². The van der Waals surface area contributed by atoms with Crippen molar-refractivity contribution in [3.63, 3.8) is 0 Å². The van der Waals surface area contributed by atoms with Crippen molar-refractivity contribution in [1.29, 1.82) is 0 Å². The first-order chi connectivity index (χ1) is 14.2. The molecule has 0 saturated carbocycles. The van der Waals surface area contributed by atoms with Crippen LogP contribution in [-0.4, -0.2) is 18.0 Å². The molecule has 0 amide bonds. The van der Waals surface area contributed by atoms with Crippen LogP contribution in [0.25, 0.3) is 0 Å². The molecule has 2 aromatic carbocycles. The second-order valence-corrected chi connectivity index (χ2v) is 12.8. The summed E-state index contributed by atoms with van der Waals surface area (Å²) in [5.41, 5.74) is 5.48. The lowest BCUT2D eigenvalue weighted by Crippen LogP contribution is -2.44. The predicted octanol–water partition coefficient (Wildman–Crippen LogP) is 6.23. The third-order valence-corrected chi connectivity index (χ3v) is 9.96. The highest BCUT2D eigenvalue weighted by molar-refractivity contribution is 6.81. The molecule has 3 heteroatoms. The quantitative estimate of drug-likeness (QED) is 0.362. The van der Waals surface area contributed by atoms with Crippen molar-refractivity contribution >= 4 is 8.07 Å². The number of aromatic nitrogens is 2. The number of hydrogen-bond acceptors (Lipinski definition) is 2. The van der Waals surface area contributed by atoms with E-state index in [1.165, 1.54) is 11.1 Å². The summed E-state index contributed by atoms with van der Waals surface area (Å²) in [5, 5.41) is 0. The zero-order valence-electron chi connectivity index (χ0n) is 16.9. The fourth-order valence-electron chi connectivity index (χ4n) is 4.51. The topological polar surface area (TPSA) is 25.8 Å². The highest BCUT2D eigenvalue weighted by Gasteiger charge is 2.43. The zero-order valence-corrected chi connectivity index (χ0v) is 17.9. The molecule has 4 aromatic rings. The third-order valence-electron chi connectivity index (χ3n) is 5.72. The summed E-state index contributed by atoms with van der Waals surface area (Å²) in [5.74, 6) is 0. The van der Waals surface area contributed by atoms with Crippen molar-refractivity contribution in [3.05, 3.63) is 132 Å². The lowest BCUT2D eigenvalue weighted by molar-refractivity contribution is 0.908. The molecule has 0 spiro atoms. The van der Waals surface area contributed by atoms with E-state index in [-0.39, 0.29) is 11.1 Å². The highest BCUT2D eigenvalue weighted by atomic mass is 28.3. The van der Waals surface area contributed by atoms with Crippen LogP contribution < -0.4 is 0 Å². The van der Waals surface area contributed by atoms with Gasteiger partial charge in [0.15, 0.2) is 0 Å². The molecular formula is C26H26N2Si. The number of nitrogens with zero attached hydrogens (tertiary/aromatic N) is 2. The number of pyridine rings is 2. The van der Waals surface area contributed by atoms with Crippen molar-refractivity contribution in [2.24, 2.45) is 0 Å². The van der Waals surface area contributed by atoms with Gasteiger partial charge in [0.1, 0.15) is 0 Å². The van der Waals surface area contributed by atoms with E-state index in [1.807, 2.05) is 24.5 Å². The molecule has 0 fully saturated rings. The summed E-state index contributed by atoms with van der Waals surface area (Å²) < 4.78 is 0. The van der Waals surface area contributed by atoms with Crippen LogP contribution in [0.15, 0.2) is 109 Å². The standard InChI is InChI=1S/C26H26N2Si/c1-29(2,25(21-13-5-3-6-14-21)23-17-9-11-19-27-23)26(22-15-7-4-8-16-22)24-18-10-12-20-28-24/h3-20,25-26H,1-2H3. The maximum Gasteiger partial charge on any atom is 0.0770 e. The van der Waals surface area contributed by atoms with Gasteiger partial charge in [-0.2, -0.15) is 0 Å². The molecule has 2 atom stereocenters.